The van der Waals surface area contributed by atoms with Crippen LogP contribution in [-0.2, 0) is 9.47 Å². The van der Waals surface area contributed by atoms with Gasteiger partial charge >= 0.3 is 0 Å². The molecule has 2 saturated heterocycles. The first-order valence-corrected chi connectivity index (χ1v) is 11.7. The quantitative estimate of drug-likeness (QED) is 0.462. The molecule has 3 aliphatic heterocycles. The number of fused-ring (bicyclic) bond motifs is 3. The predicted octanol–water partition coefficient (Wildman–Crippen LogP) is 1.90. The first-order chi connectivity index (χ1) is 17.3. The lowest BCUT2D eigenvalue weighted by atomic mass is 10.0. The second kappa shape index (κ2) is 8.73. The Balaban J connectivity index is 1.22. The lowest BCUT2D eigenvalue weighted by Gasteiger charge is -2.15. The Bertz CT molecular complexity index is 1350. The molecule has 0 radical (unpaired) electrons. The van der Waals surface area contributed by atoms with Gasteiger partial charge in [-0.15, -0.1) is 0 Å². The van der Waals surface area contributed by atoms with E-state index in [1.165, 1.54) is 17.0 Å². The number of anilines is 1. The summed E-state index contributed by atoms with van der Waals surface area (Å²) in [5, 5.41) is 13.3. The number of aliphatic hydroxyl groups is 1. The number of ether oxygens (including phenoxy) is 4. The summed E-state index contributed by atoms with van der Waals surface area (Å²) in [5.74, 6) is -0.291. The van der Waals surface area contributed by atoms with Crippen LogP contribution in [0.1, 0.15) is 22.0 Å². The van der Waals surface area contributed by atoms with Gasteiger partial charge in [-0.25, -0.2) is 9.37 Å². The van der Waals surface area contributed by atoms with E-state index in [-0.39, 0.29) is 48.4 Å². The highest BCUT2D eigenvalue weighted by molar-refractivity contribution is 6.33. The number of hydrogen-bond donors (Lipinski definition) is 3. The van der Waals surface area contributed by atoms with Gasteiger partial charge in [0, 0.05) is 19.7 Å². The summed E-state index contributed by atoms with van der Waals surface area (Å²) in [4.78, 5) is 25.5. The van der Waals surface area contributed by atoms with Crippen LogP contribution in [0.25, 0.3) is 11.2 Å². The van der Waals surface area contributed by atoms with Gasteiger partial charge in [0.2, 0.25) is 0 Å². The highest BCUT2D eigenvalue weighted by Crippen LogP contribution is 2.39. The lowest BCUT2D eigenvalue weighted by Crippen LogP contribution is -2.34. The second-order valence-electron chi connectivity index (χ2n) is 9.13. The Labute approximate surface area is 209 Å². The van der Waals surface area contributed by atoms with Crippen molar-refractivity contribution in [1.29, 1.82) is 0 Å². The van der Waals surface area contributed by atoms with Crippen LogP contribution < -0.4 is 14.8 Å². The monoisotopic (exact) mass is 519 g/mol. The number of pyridine rings is 1. The van der Waals surface area contributed by atoms with Gasteiger partial charge in [0.25, 0.3) is 11.9 Å². The molecule has 0 saturated carbocycles. The Hall–Kier alpha value is -3.19. The Morgan fingerprint density at radius 2 is 2.03 bits per heavy atom. The van der Waals surface area contributed by atoms with Crippen molar-refractivity contribution in [3.63, 3.8) is 0 Å². The van der Waals surface area contributed by atoms with E-state index >= 15 is 0 Å². The fourth-order valence-electron chi connectivity index (χ4n) is 4.71. The van der Waals surface area contributed by atoms with Crippen LogP contribution in [0.2, 0.25) is 5.02 Å². The number of aromatic amines is 1. The largest absolute Gasteiger partial charge is 0.491 e. The minimum atomic E-state index is -0.678. The van der Waals surface area contributed by atoms with E-state index in [9.17, 15) is 14.3 Å². The maximum absolute atomic E-state index is 15.0. The highest BCUT2D eigenvalue weighted by Gasteiger charge is 2.48. The molecule has 3 aliphatic rings. The Morgan fingerprint density at radius 3 is 2.83 bits per heavy atom. The van der Waals surface area contributed by atoms with Crippen molar-refractivity contribution in [2.24, 2.45) is 0 Å². The summed E-state index contributed by atoms with van der Waals surface area (Å²) in [6.45, 7) is 0.593. The van der Waals surface area contributed by atoms with Crippen LogP contribution in [0.5, 0.6) is 11.8 Å². The van der Waals surface area contributed by atoms with E-state index < -0.39 is 30.2 Å². The molecule has 3 N–H and O–H groups in total. The molecule has 3 aromatic rings. The smallest absolute Gasteiger partial charge is 0.296 e. The van der Waals surface area contributed by atoms with E-state index in [2.05, 4.69) is 20.3 Å². The van der Waals surface area contributed by atoms with Crippen molar-refractivity contribution in [2.75, 3.05) is 39.2 Å². The van der Waals surface area contributed by atoms with Gasteiger partial charge in [0.05, 0.1) is 35.4 Å². The zero-order chi connectivity index (χ0) is 25.1. The Morgan fingerprint density at radius 1 is 1.22 bits per heavy atom. The van der Waals surface area contributed by atoms with Crippen molar-refractivity contribution < 1.29 is 33.2 Å². The zero-order valence-electron chi connectivity index (χ0n) is 19.3. The molecule has 2 aromatic heterocycles. The van der Waals surface area contributed by atoms with E-state index in [4.69, 9.17) is 30.5 Å². The van der Waals surface area contributed by atoms with Crippen LogP contribution in [0.15, 0.2) is 18.2 Å². The number of carbonyl (C=O) groups is 1. The molecule has 0 aliphatic carbocycles. The number of carbonyl (C=O) groups excluding carboxylic acids is 1. The van der Waals surface area contributed by atoms with E-state index in [1.54, 1.807) is 20.2 Å². The predicted molar refractivity (Wildman–Crippen MR) is 125 cm³/mol. The standard InChI is InChI=1S/C23H23ClFN5O6/c1-30(2)22(32)9-3-11(25)17-13(6-33-15(17)4-9)26-20-10(24)5-12-21(28-20)29-23(27-12)36-16-8-35-18-14(31)7-34-19(16)18/h3-5,13-14,16,18-19,31H,6-8H2,1-2H3,(H2,26,27,28,29)/t13-,14-,16-,18-,19-/m1/s1. The summed E-state index contributed by atoms with van der Waals surface area (Å²) < 4.78 is 37.7. The third-order valence-electron chi connectivity index (χ3n) is 6.46. The molecule has 0 bridgehead atoms. The van der Waals surface area contributed by atoms with Crippen LogP contribution in [0.4, 0.5) is 10.2 Å². The van der Waals surface area contributed by atoms with Crippen LogP contribution in [0.3, 0.4) is 0 Å². The molecule has 190 valence electrons. The van der Waals surface area contributed by atoms with Gasteiger partial charge in [0.15, 0.2) is 11.8 Å². The van der Waals surface area contributed by atoms with Crippen LogP contribution in [-0.4, -0.2) is 89.2 Å². The number of nitrogens with zero attached hydrogens (tertiary/aromatic N) is 3. The van der Waals surface area contributed by atoms with Gasteiger partial charge in [-0.3, -0.25) is 4.79 Å². The molecule has 6 rings (SSSR count). The fourth-order valence-corrected chi connectivity index (χ4v) is 4.91. The molecule has 5 atom stereocenters. The molecular formula is C23H23ClFN5O6. The van der Waals surface area contributed by atoms with Gasteiger partial charge < -0.3 is 39.3 Å². The van der Waals surface area contributed by atoms with E-state index in [0.29, 0.717) is 28.3 Å². The zero-order valence-corrected chi connectivity index (χ0v) is 20.1. The SMILES string of the molecule is CN(C)C(=O)c1cc(F)c2c(c1)OC[C@H]2Nc1nc2nc(O[C@@H]3CO[C@H]4[C@@H]3OC[C@H]4O)[nH]c2cc1Cl. The van der Waals surface area contributed by atoms with Gasteiger partial charge in [-0.1, -0.05) is 11.6 Å². The molecule has 1 aromatic carbocycles. The number of benzene rings is 1. The lowest BCUT2D eigenvalue weighted by molar-refractivity contribution is 0.00706. The van der Waals surface area contributed by atoms with E-state index in [0.717, 1.165) is 0 Å². The highest BCUT2D eigenvalue weighted by atomic mass is 35.5. The number of rotatable bonds is 5. The molecule has 13 heteroatoms. The number of nitrogens with one attached hydrogen (secondary N) is 2. The second-order valence-corrected chi connectivity index (χ2v) is 9.54. The number of amides is 1. The maximum Gasteiger partial charge on any atom is 0.296 e. The molecule has 0 spiro atoms. The van der Waals surface area contributed by atoms with Crippen molar-refractivity contribution in [3.05, 3.63) is 40.2 Å². The number of aliphatic hydroxyl groups excluding tert-OH is 1. The first-order valence-electron chi connectivity index (χ1n) is 11.4. The molecule has 1 amide bonds. The normalized spacial score (nSPS) is 26.5. The molecular weight excluding hydrogens is 497 g/mol. The van der Waals surface area contributed by atoms with E-state index in [1.807, 2.05) is 0 Å². The summed E-state index contributed by atoms with van der Waals surface area (Å²) in [6, 6.07) is 4.01. The summed E-state index contributed by atoms with van der Waals surface area (Å²) >= 11 is 6.45. The number of halogens is 2. The molecule has 11 nitrogen and oxygen atoms in total. The van der Waals surface area contributed by atoms with Crippen LogP contribution in [0, 0.1) is 5.82 Å². The summed E-state index contributed by atoms with van der Waals surface area (Å²) in [5.41, 5.74) is 1.38. The minimum Gasteiger partial charge on any atom is -0.491 e. The van der Waals surface area contributed by atoms with Gasteiger partial charge in [-0.05, 0) is 18.2 Å². The third-order valence-corrected chi connectivity index (χ3v) is 6.75. The molecule has 36 heavy (non-hydrogen) atoms. The average molecular weight is 520 g/mol. The maximum atomic E-state index is 15.0. The average Bonchev–Trinajstić information content (AvgIpc) is 3.60. The van der Waals surface area contributed by atoms with Crippen LogP contribution >= 0.6 is 11.6 Å². The molecule has 0 unspecified atom stereocenters. The topological polar surface area (TPSA) is 131 Å². The first kappa shape index (κ1) is 23.2. The minimum absolute atomic E-state index is 0.132. The number of H-pyrrole nitrogens is 1. The molecule has 2 fully saturated rings. The fraction of sp³-hybridized carbons (Fsp3) is 0.435. The summed E-state index contributed by atoms with van der Waals surface area (Å²) in [6.07, 6.45) is -1.91. The van der Waals surface area contributed by atoms with Crippen molar-refractivity contribution in [1.82, 2.24) is 19.9 Å². The van der Waals surface area contributed by atoms with Crippen molar-refractivity contribution in [2.45, 2.75) is 30.5 Å². The third kappa shape index (κ3) is 3.90. The van der Waals surface area contributed by atoms with Gasteiger partial charge in [0.1, 0.15) is 42.3 Å². The Kier molecular flexibility index (Phi) is 5.63. The van der Waals surface area contributed by atoms with Crippen molar-refractivity contribution in [3.8, 4) is 11.8 Å². The number of aromatic nitrogens is 3. The number of hydrogen-bond acceptors (Lipinski definition) is 9. The molecule has 5 heterocycles. The number of imidazole rings is 1. The van der Waals surface area contributed by atoms with Crippen molar-refractivity contribution >= 4 is 34.5 Å². The van der Waals surface area contributed by atoms with Gasteiger partial charge in [-0.2, -0.15) is 4.98 Å². The summed E-state index contributed by atoms with van der Waals surface area (Å²) in [7, 11) is 3.19.